The standard InChI is InChI=1S/C46H57NO8/c1-42-17-14-33(48)24-44(42)20-21-46(36(25-44)41(50)37-11-8-22-55-37)39(42)15-18-43(2)40(46)16-19-45(43,51)30-47(26-32-12-13-35(52-3)23-38(32)53-4)27-34(49)29-54-28-31-9-6-5-7-10-31/h5-13,20-23,25,33-34,39-40,48-49,51H,14-19,24,26-30H2,1-4H3. The molecule has 9 heteroatoms. The van der Waals surface area contributed by atoms with Crippen LogP contribution in [0.5, 0.6) is 11.5 Å². The number of hydrogen-bond acceptors (Lipinski definition) is 9. The highest BCUT2D eigenvalue weighted by molar-refractivity contribution is 6.08. The molecule has 294 valence electrons. The number of ketones is 1. The van der Waals surface area contributed by atoms with Gasteiger partial charge in [0.1, 0.15) is 11.5 Å². The zero-order chi connectivity index (χ0) is 38.6. The quantitative estimate of drug-likeness (QED) is 0.117. The van der Waals surface area contributed by atoms with E-state index in [0.717, 1.165) is 48.8 Å². The lowest BCUT2D eigenvalue weighted by Crippen LogP contribution is -2.67. The molecule has 9 atom stereocenters. The Morgan fingerprint density at radius 3 is 2.45 bits per heavy atom. The van der Waals surface area contributed by atoms with E-state index in [-0.39, 0.29) is 36.2 Å². The molecule has 2 spiro atoms. The van der Waals surface area contributed by atoms with E-state index < -0.39 is 34.1 Å². The predicted octanol–water partition coefficient (Wildman–Crippen LogP) is 7.15. The molecule has 6 aliphatic rings. The lowest BCUT2D eigenvalue weighted by Gasteiger charge is -2.71. The zero-order valence-corrected chi connectivity index (χ0v) is 32.7. The van der Waals surface area contributed by atoms with Crippen molar-refractivity contribution in [1.82, 2.24) is 4.90 Å². The smallest absolute Gasteiger partial charge is 0.224 e. The number of Topliss-reactive ketones (excluding diaryl/α,β-unsaturated/α-hetero) is 1. The van der Waals surface area contributed by atoms with Crippen molar-refractivity contribution in [3.63, 3.8) is 0 Å². The number of hydrogen-bond donors (Lipinski definition) is 3. The van der Waals surface area contributed by atoms with Gasteiger partial charge in [0, 0.05) is 53.1 Å². The van der Waals surface area contributed by atoms with Gasteiger partial charge >= 0.3 is 0 Å². The maximum absolute atomic E-state index is 14.6. The molecule has 3 aromatic rings. The van der Waals surface area contributed by atoms with Crippen molar-refractivity contribution in [3.8, 4) is 11.5 Å². The number of methoxy groups -OCH3 is 2. The van der Waals surface area contributed by atoms with E-state index in [1.165, 1.54) is 0 Å². The minimum atomic E-state index is -1.12. The van der Waals surface area contributed by atoms with Gasteiger partial charge < -0.3 is 33.9 Å². The van der Waals surface area contributed by atoms with Crippen molar-refractivity contribution in [2.24, 2.45) is 33.5 Å². The molecule has 0 saturated heterocycles. The molecule has 9 rings (SSSR count). The third-order valence-corrected chi connectivity index (χ3v) is 15.0. The van der Waals surface area contributed by atoms with Gasteiger partial charge in [-0.3, -0.25) is 9.69 Å². The Bertz CT molecular complexity index is 1930. The first kappa shape index (κ1) is 38.2. The molecule has 1 aromatic heterocycles. The van der Waals surface area contributed by atoms with Gasteiger partial charge in [-0.05, 0) is 86.0 Å². The Morgan fingerprint density at radius 1 is 0.945 bits per heavy atom. The SMILES string of the molecule is COc1ccc(CN(CC(O)COCc2ccccc2)CC2(O)CCC3C45C=CC6(C=C4C(=O)c4ccco4)CC(O)CCC6(C)C5CCC32C)c(OC)c1. The van der Waals surface area contributed by atoms with Gasteiger partial charge in [0.05, 0.1) is 51.5 Å². The van der Waals surface area contributed by atoms with Crippen LogP contribution in [0.3, 0.4) is 0 Å². The van der Waals surface area contributed by atoms with E-state index in [1.807, 2.05) is 48.5 Å². The molecular weight excluding hydrogens is 695 g/mol. The highest BCUT2D eigenvalue weighted by Gasteiger charge is 2.74. The van der Waals surface area contributed by atoms with E-state index in [4.69, 9.17) is 18.6 Å². The summed E-state index contributed by atoms with van der Waals surface area (Å²) in [6.45, 7) is 6.23. The summed E-state index contributed by atoms with van der Waals surface area (Å²) >= 11 is 0. The molecule has 0 aliphatic heterocycles. The summed E-state index contributed by atoms with van der Waals surface area (Å²) in [7, 11) is 3.27. The first-order valence-electron chi connectivity index (χ1n) is 20.1. The van der Waals surface area contributed by atoms with E-state index in [9.17, 15) is 20.1 Å². The second kappa shape index (κ2) is 14.3. The predicted molar refractivity (Wildman–Crippen MR) is 209 cm³/mol. The molecular formula is C46H57NO8. The Hall–Kier alpha value is -3.73. The molecule has 0 amide bonds. The number of rotatable bonds is 14. The molecule has 2 bridgehead atoms. The molecule has 3 N–H and O–H groups in total. The lowest BCUT2D eigenvalue weighted by molar-refractivity contribution is -0.177. The van der Waals surface area contributed by atoms with Crippen molar-refractivity contribution in [1.29, 1.82) is 0 Å². The number of benzene rings is 2. The number of nitrogens with zero attached hydrogens (tertiary/aromatic N) is 1. The minimum absolute atomic E-state index is 0.0105. The van der Waals surface area contributed by atoms with Crippen LogP contribution in [0, 0.1) is 33.5 Å². The molecule has 1 heterocycles. The third kappa shape index (κ3) is 6.13. The van der Waals surface area contributed by atoms with E-state index in [1.54, 1.807) is 32.6 Å². The molecule has 9 unspecified atom stereocenters. The van der Waals surface area contributed by atoms with E-state index in [2.05, 4.69) is 37.0 Å². The molecule has 0 radical (unpaired) electrons. The minimum Gasteiger partial charge on any atom is -0.497 e. The van der Waals surface area contributed by atoms with Crippen molar-refractivity contribution in [3.05, 3.63) is 108 Å². The van der Waals surface area contributed by atoms with Crippen LogP contribution < -0.4 is 9.47 Å². The fourth-order valence-corrected chi connectivity index (χ4v) is 12.2. The second-order valence-corrected chi connectivity index (χ2v) is 17.6. The highest BCUT2D eigenvalue weighted by Crippen LogP contribution is 2.78. The largest absolute Gasteiger partial charge is 0.497 e. The van der Waals surface area contributed by atoms with Gasteiger partial charge in [0.15, 0.2) is 5.76 Å². The second-order valence-electron chi connectivity index (χ2n) is 17.6. The Morgan fingerprint density at radius 2 is 1.71 bits per heavy atom. The van der Waals surface area contributed by atoms with Crippen molar-refractivity contribution in [2.45, 2.75) is 89.8 Å². The Kier molecular flexibility index (Phi) is 9.94. The monoisotopic (exact) mass is 751 g/mol. The van der Waals surface area contributed by atoms with Gasteiger partial charge in [-0.1, -0.05) is 68.5 Å². The number of fused-ring (bicyclic) bond motifs is 1. The molecule has 6 aliphatic carbocycles. The molecule has 2 aromatic carbocycles. The summed E-state index contributed by atoms with van der Waals surface area (Å²) < 4.78 is 23.0. The number of aliphatic hydroxyl groups is 3. The van der Waals surface area contributed by atoms with Gasteiger partial charge in [-0.2, -0.15) is 0 Å². The highest BCUT2D eigenvalue weighted by atomic mass is 16.5. The van der Waals surface area contributed by atoms with Gasteiger partial charge in [0.25, 0.3) is 0 Å². The molecule has 3 saturated carbocycles. The number of ether oxygens (including phenoxy) is 3. The number of furan rings is 1. The number of carbonyl (C=O) groups is 1. The van der Waals surface area contributed by atoms with Crippen molar-refractivity contribution < 1.29 is 38.7 Å². The first-order valence-corrected chi connectivity index (χ1v) is 20.1. The van der Waals surface area contributed by atoms with Gasteiger partial charge in [-0.15, -0.1) is 0 Å². The van der Waals surface area contributed by atoms with Crippen LogP contribution >= 0.6 is 0 Å². The molecule has 3 fully saturated rings. The number of aliphatic hydroxyl groups excluding tert-OH is 2. The summed E-state index contributed by atoms with van der Waals surface area (Å²) in [5, 5.41) is 35.7. The van der Waals surface area contributed by atoms with Gasteiger partial charge in [-0.25, -0.2) is 0 Å². The maximum Gasteiger partial charge on any atom is 0.224 e. The topological polar surface area (TPSA) is 122 Å². The fraction of sp³-hybridized carbons (Fsp3) is 0.543. The van der Waals surface area contributed by atoms with Crippen molar-refractivity contribution >= 4 is 5.78 Å². The van der Waals surface area contributed by atoms with E-state index >= 15 is 0 Å². The van der Waals surface area contributed by atoms with Crippen LogP contribution in [0.4, 0.5) is 0 Å². The summed E-state index contributed by atoms with van der Waals surface area (Å²) in [6.07, 6.45) is 12.4. The Labute approximate surface area is 325 Å². The molecule has 55 heavy (non-hydrogen) atoms. The van der Waals surface area contributed by atoms with Crippen LogP contribution in [0.1, 0.15) is 80.5 Å². The average molecular weight is 752 g/mol. The third-order valence-electron chi connectivity index (χ3n) is 15.0. The molecule has 9 nitrogen and oxygen atoms in total. The average Bonchev–Trinajstić information content (AvgIpc) is 3.81. The van der Waals surface area contributed by atoms with Crippen molar-refractivity contribution in [2.75, 3.05) is 33.9 Å². The summed E-state index contributed by atoms with van der Waals surface area (Å²) in [4.78, 5) is 16.8. The Balaban J connectivity index is 1.12. The zero-order valence-electron chi connectivity index (χ0n) is 32.7. The van der Waals surface area contributed by atoms with Crippen LogP contribution in [0.15, 0.2) is 95.1 Å². The van der Waals surface area contributed by atoms with Crippen LogP contribution in [0.2, 0.25) is 0 Å². The fourth-order valence-electron chi connectivity index (χ4n) is 12.2. The van der Waals surface area contributed by atoms with E-state index in [0.29, 0.717) is 49.8 Å². The first-order chi connectivity index (χ1) is 26.4. The van der Waals surface area contributed by atoms with Crippen LogP contribution in [-0.4, -0.2) is 77.7 Å². The normalized spacial score (nSPS) is 35.1. The van der Waals surface area contributed by atoms with Gasteiger partial charge in [0.2, 0.25) is 5.78 Å². The summed E-state index contributed by atoms with van der Waals surface area (Å²) in [6, 6.07) is 19.2. The number of carbonyl (C=O) groups excluding carboxylic acids is 1. The summed E-state index contributed by atoms with van der Waals surface area (Å²) in [5.74, 6) is 1.78. The van der Waals surface area contributed by atoms with Crippen LogP contribution in [0.25, 0.3) is 0 Å². The lowest BCUT2D eigenvalue weighted by atomic mass is 9.32. The maximum atomic E-state index is 14.6. The van der Waals surface area contributed by atoms with Crippen LogP contribution in [-0.2, 0) is 17.9 Å². The summed E-state index contributed by atoms with van der Waals surface area (Å²) in [5.41, 5.74) is -0.0630. The number of allylic oxidation sites excluding steroid dienone is 4.